The molecule has 2 atom stereocenters. The van der Waals surface area contributed by atoms with E-state index in [0.29, 0.717) is 5.16 Å². The molecule has 0 aliphatic rings. The largest absolute Gasteiger partial charge is 0.325 e. The van der Waals surface area contributed by atoms with Crippen LogP contribution in [0, 0.1) is 0 Å². The minimum absolute atomic E-state index is 0.0123. The van der Waals surface area contributed by atoms with Crippen molar-refractivity contribution >= 4 is 23.4 Å². The van der Waals surface area contributed by atoms with E-state index in [2.05, 4.69) is 39.1 Å². The second kappa shape index (κ2) is 9.62. The molecule has 0 radical (unpaired) electrons. The molecule has 0 spiro atoms. The first kappa shape index (κ1) is 20.9. The van der Waals surface area contributed by atoms with Crippen molar-refractivity contribution < 1.29 is 4.79 Å². The Morgan fingerprint density at radius 2 is 1.42 bits per heavy atom. The van der Waals surface area contributed by atoms with Gasteiger partial charge in [0.15, 0.2) is 11.0 Å². The molecule has 2 unspecified atom stereocenters. The summed E-state index contributed by atoms with van der Waals surface area (Å²) in [5, 5.41) is 12.3. The molecular formula is C25H24N4OS. The highest BCUT2D eigenvalue weighted by Gasteiger charge is 2.24. The number of para-hydroxylation sites is 1. The molecule has 0 aliphatic carbocycles. The summed E-state index contributed by atoms with van der Waals surface area (Å²) >= 11 is 1.41. The maximum Gasteiger partial charge on any atom is 0.237 e. The lowest BCUT2D eigenvalue weighted by molar-refractivity contribution is -0.115. The molecule has 31 heavy (non-hydrogen) atoms. The van der Waals surface area contributed by atoms with Crippen LogP contribution >= 0.6 is 11.8 Å². The van der Waals surface area contributed by atoms with Gasteiger partial charge in [-0.15, -0.1) is 10.2 Å². The minimum atomic E-state index is -0.338. The third-order valence-electron chi connectivity index (χ3n) is 5.06. The number of hydrogen-bond acceptors (Lipinski definition) is 4. The van der Waals surface area contributed by atoms with Crippen LogP contribution < -0.4 is 5.32 Å². The van der Waals surface area contributed by atoms with Gasteiger partial charge in [0.2, 0.25) is 5.91 Å². The number of aromatic nitrogens is 3. The number of anilines is 1. The van der Waals surface area contributed by atoms with Crippen LogP contribution in [0.4, 0.5) is 5.69 Å². The first-order chi connectivity index (χ1) is 15.1. The van der Waals surface area contributed by atoms with Crippen LogP contribution in [0.3, 0.4) is 0 Å². The van der Waals surface area contributed by atoms with E-state index in [4.69, 9.17) is 0 Å². The third kappa shape index (κ3) is 4.86. The standard InChI is InChI=1S/C25H24N4OS/c1-18(20-12-6-3-7-13-20)29-23(21-14-8-4-9-15-21)27-28-25(29)31-19(2)24(30)26-22-16-10-5-11-17-22/h3-19H,1-2H3,(H,26,30). The molecule has 0 saturated carbocycles. The van der Waals surface area contributed by atoms with Crippen molar-refractivity contribution in [2.45, 2.75) is 30.3 Å². The summed E-state index contributed by atoms with van der Waals surface area (Å²) in [5.74, 6) is 0.717. The van der Waals surface area contributed by atoms with Crippen molar-refractivity contribution in [3.8, 4) is 11.4 Å². The maximum atomic E-state index is 12.8. The monoisotopic (exact) mass is 428 g/mol. The molecule has 0 aliphatic heterocycles. The van der Waals surface area contributed by atoms with Gasteiger partial charge >= 0.3 is 0 Å². The second-order valence-electron chi connectivity index (χ2n) is 7.24. The van der Waals surface area contributed by atoms with Gasteiger partial charge in [-0.05, 0) is 31.5 Å². The van der Waals surface area contributed by atoms with Crippen LogP contribution in [-0.2, 0) is 4.79 Å². The average Bonchev–Trinajstić information content (AvgIpc) is 3.23. The Bertz CT molecular complexity index is 1130. The van der Waals surface area contributed by atoms with Gasteiger partial charge in [-0.1, -0.05) is 90.6 Å². The van der Waals surface area contributed by atoms with E-state index < -0.39 is 0 Å². The summed E-state index contributed by atoms with van der Waals surface area (Å²) in [5.41, 5.74) is 2.93. The number of carbonyl (C=O) groups is 1. The van der Waals surface area contributed by atoms with E-state index >= 15 is 0 Å². The maximum absolute atomic E-state index is 12.8. The van der Waals surface area contributed by atoms with E-state index in [-0.39, 0.29) is 17.2 Å². The van der Waals surface area contributed by atoms with Gasteiger partial charge in [-0.3, -0.25) is 9.36 Å². The fourth-order valence-electron chi connectivity index (χ4n) is 3.35. The molecule has 1 aromatic heterocycles. The predicted molar refractivity (Wildman–Crippen MR) is 126 cm³/mol. The summed E-state index contributed by atoms with van der Waals surface area (Å²) in [6, 6.07) is 29.8. The van der Waals surface area contributed by atoms with Gasteiger partial charge in [-0.25, -0.2) is 0 Å². The van der Waals surface area contributed by atoms with E-state index in [1.165, 1.54) is 11.8 Å². The molecule has 1 heterocycles. The third-order valence-corrected chi connectivity index (χ3v) is 6.12. The summed E-state index contributed by atoms with van der Waals surface area (Å²) in [7, 11) is 0. The SMILES string of the molecule is CC(Sc1nnc(-c2ccccc2)n1C(C)c1ccccc1)C(=O)Nc1ccccc1. The van der Waals surface area contributed by atoms with Gasteiger partial charge in [0.05, 0.1) is 11.3 Å². The van der Waals surface area contributed by atoms with E-state index in [9.17, 15) is 4.79 Å². The zero-order valence-corrected chi connectivity index (χ0v) is 18.3. The molecule has 5 nitrogen and oxygen atoms in total. The Morgan fingerprint density at radius 3 is 2.06 bits per heavy atom. The Morgan fingerprint density at radius 1 is 0.839 bits per heavy atom. The molecule has 0 saturated heterocycles. The summed E-state index contributed by atoms with van der Waals surface area (Å²) in [6.07, 6.45) is 0. The highest BCUT2D eigenvalue weighted by Crippen LogP contribution is 2.32. The van der Waals surface area contributed by atoms with Gasteiger partial charge < -0.3 is 5.32 Å². The number of hydrogen-bond donors (Lipinski definition) is 1. The molecule has 0 fully saturated rings. The molecule has 4 aromatic rings. The molecule has 3 aromatic carbocycles. The lowest BCUT2D eigenvalue weighted by atomic mass is 10.1. The number of amides is 1. The lowest BCUT2D eigenvalue weighted by Gasteiger charge is -2.20. The first-order valence-electron chi connectivity index (χ1n) is 10.2. The zero-order valence-electron chi connectivity index (χ0n) is 17.5. The van der Waals surface area contributed by atoms with Crippen molar-refractivity contribution in [3.63, 3.8) is 0 Å². The number of thioether (sulfide) groups is 1. The average molecular weight is 429 g/mol. The summed E-state index contributed by atoms with van der Waals surface area (Å²) in [4.78, 5) is 12.8. The lowest BCUT2D eigenvalue weighted by Crippen LogP contribution is -2.23. The van der Waals surface area contributed by atoms with Crippen LogP contribution in [0.1, 0.15) is 25.5 Å². The van der Waals surface area contributed by atoms with E-state index in [0.717, 1.165) is 22.6 Å². The smallest absolute Gasteiger partial charge is 0.237 e. The molecule has 1 amide bonds. The Balaban J connectivity index is 1.64. The van der Waals surface area contributed by atoms with E-state index in [1.807, 2.05) is 85.8 Å². The predicted octanol–water partition coefficient (Wildman–Crippen LogP) is 5.67. The van der Waals surface area contributed by atoms with Crippen molar-refractivity contribution in [1.29, 1.82) is 0 Å². The Labute approximate surface area is 186 Å². The van der Waals surface area contributed by atoms with Gasteiger partial charge in [0.1, 0.15) is 0 Å². The Hall–Kier alpha value is -3.38. The minimum Gasteiger partial charge on any atom is -0.325 e. The van der Waals surface area contributed by atoms with Crippen LogP contribution in [0.25, 0.3) is 11.4 Å². The van der Waals surface area contributed by atoms with Crippen molar-refractivity contribution in [2.24, 2.45) is 0 Å². The highest BCUT2D eigenvalue weighted by molar-refractivity contribution is 8.00. The molecule has 6 heteroatoms. The molecular weight excluding hydrogens is 404 g/mol. The molecule has 156 valence electrons. The fraction of sp³-hybridized carbons (Fsp3) is 0.160. The number of rotatable bonds is 7. The summed E-state index contributed by atoms with van der Waals surface area (Å²) < 4.78 is 2.11. The second-order valence-corrected chi connectivity index (χ2v) is 8.55. The number of carbonyl (C=O) groups excluding carboxylic acids is 1. The normalized spacial score (nSPS) is 12.8. The molecule has 1 N–H and O–H groups in total. The van der Waals surface area contributed by atoms with Crippen LogP contribution in [0.5, 0.6) is 0 Å². The van der Waals surface area contributed by atoms with Crippen LogP contribution in [0.15, 0.2) is 96.2 Å². The fourth-order valence-corrected chi connectivity index (χ4v) is 4.28. The van der Waals surface area contributed by atoms with Gasteiger partial charge in [0, 0.05) is 11.3 Å². The van der Waals surface area contributed by atoms with Crippen LogP contribution in [-0.4, -0.2) is 25.9 Å². The number of benzene rings is 3. The first-order valence-corrected chi connectivity index (χ1v) is 11.1. The van der Waals surface area contributed by atoms with Crippen molar-refractivity contribution in [2.75, 3.05) is 5.32 Å². The molecule has 0 bridgehead atoms. The van der Waals surface area contributed by atoms with E-state index in [1.54, 1.807) is 0 Å². The van der Waals surface area contributed by atoms with Gasteiger partial charge in [-0.2, -0.15) is 0 Å². The Kier molecular flexibility index (Phi) is 6.48. The highest BCUT2D eigenvalue weighted by atomic mass is 32.2. The van der Waals surface area contributed by atoms with Crippen LogP contribution in [0.2, 0.25) is 0 Å². The molecule has 4 rings (SSSR count). The number of nitrogens with one attached hydrogen (secondary N) is 1. The number of nitrogens with zero attached hydrogens (tertiary/aromatic N) is 3. The summed E-state index contributed by atoms with van der Waals surface area (Å²) in [6.45, 7) is 4.02. The quantitative estimate of drug-likeness (QED) is 0.385. The van der Waals surface area contributed by atoms with Crippen molar-refractivity contribution in [3.05, 3.63) is 96.6 Å². The van der Waals surface area contributed by atoms with Crippen molar-refractivity contribution in [1.82, 2.24) is 14.8 Å². The topological polar surface area (TPSA) is 59.8 Å². The zero-order chi connectivity index (χ0) is 21.6. The van der Waals surface area contributed by atoms with Gasteiger partial charge in [0.25, 0.3) is 0 Å².